The highest BCUT2D eigenvalue weighted by Crippen LogP contribution is 2.36. The minimum Gasteiger partial charge on any atom is -0.485 e. The van der Waals surface area contributed by atoms with E-state index in [-0.39, 0.29) is 22.4 Å². The van der Waals surface area contributed by atoms with Gasteiger partial charge in [0, 0.05) is 16.8 Å². The second kappa shape index (κ2) is 7.94. The van der Waals surface area contributed by atoms with Crippen molar-refractivity contribution in [3.8, 4) is 11.8 Å². The second-order valence-electron chi connectivity index (χ2n) is 4.80. The number of ether oxygens (including phenoxy) is 1. The Morgan fingerprint density at radius 2 is 2.10 bits per heavy atom. The quantitative estimate of drug-likeness (QED) is 0.253. The molecule has 5 nitrogen and oxygen atoms in total. The Hall–Kier alpha value is -0.880. The maximum absolute atomic E-state index is 11.2. The van der Waals surface area contributed by atoms with Crippen molar-refractivity contribution in [2.24, 2.45) is 5.41 Å². The molecule has 21 heavy (non-hydrogen) atoms. The Balaban J connectivity index is 3.14. The van der Waals surface area contributed by atoms with Crippen molar-refractivity contribution in [2.45, 2.75) is 26.7 Å². The number of nitriles is 1. The largest absolute Gasteiger partial charge is 0.485 e. The molecule has 0 bridgehead atoms. The third-order valence-electron chi connectivity index (χ3n) is 3.66. The number of nitrogens with zero attached hydrogens (tertiary/aromatic N) is 2. The highest BCUT2D eigenvalue weighted by atomic mass is 127. The molecule has 0 atom stereocenters. The van der Waals surface area contributed by atoms with Crippen LogP contribution in [0.4, 0.5) is 5.69 Å². The first kappa shape index (κ1) is 18.2. The number of hydrogen-bond acceptors (Lipinski definition) is 4. The summed E-state index contributed by atoms with van der Waals surface area (Å²) in [5.41, 5.74) is 0.0514. The monoisotopic (exact) mass is 466 g/mol. The van der Waals surface area contributed by atoms with Crippen LogP contribution in [0.1, 0.15) is 32.3 Å². The van der Waals surface area contributed by atoms with E-state index in [0.29, 0.717) is 10.2 Å². The summed E-state index contributed by atoms with van der Waals surface area (Å²) in [6.45, 7) is 4.55. The summed E-state index contributed by atoms with van der Waals surface area (Å²) in [4.78, 5) is 10.7. The molecular weight excluding hydrogens is 451 g/mol. The summed E-state index contributed by atoms with van der Waals surface area (Å²) in [5.74, 6) is 0.242. The Morgan fingerprint density at radius 3 is 2.52 bits per heavy atom. The van der Waals surface area contributed by atoms with Crippen LogP contribution in [0.5, 0.6) is 5.75 Å². The molecule has 7 heteroatoms. The van der Waals surface area contributed by atoms with Gasteiger partial charge in [0.1, 0.15) is 0 Å². The minimum absolute atomic E-state index is 0.0507. The molecule has 0 saturated heterocycles. The third-order valence-corrected chi connectivity index (χ3v) is 5.65. The molecule has 0 aromatic heterocycles. The van der Waals surface area contributed by atoms with Gasteiger partial charge in [0.15, 0.2) is 0 Å². The molecule has 0 spiro atoms. The van der Waals surface area contributed by atoms with Crippen molar-refractivity contribution in [2.75, 3.05) is 11.9 Å². The molecule has 0 fully saturated rings. The Bertz CT molecular complexity index is 560. The normalized spacial score (nSPS) is 11.0. The Kier molecular flexibility index (Phi) is 6.87. The number of rotatable bonds is 7. The summed E-state index contributed by atoms with van der Waals surface area (Å²) in [6, 6.07) is 4.77. The van der Waals surface area contributed by atoms with E-state index in [1.54, 1.807) is 6.07 Å². The van der Waals surface area contributed by atoms with Gasteiger partial charge in [0.05, 0.1) is 26.7 Å². The van der Waals surface area contributed by atoms with Crippen molar-refractivity contribution < 1.29 is 9.66 Å². The van der Waals surface area contributed by atoms with E-state index in [4.69, 9.17) is 10.00 Å². The highest BCUT2D eigenvalue weighted by molar-refractivity contribution is 14.1. The molecule has 0 radical (unpaired) electrons. The second-order valence-corrected chi connectivity index (χ2v) is 6.53. The van der Waals surface area contributed by atoms with Crippen LogP contribution in [0.2, 0.25) is 0 Å². The molecular formula is C14H16BrIN2O3. The molecule has 1 aromatic rings. The van der Waals surface area contributed by atoms with Crippen LogP contribution in [0.15, 0.2) is 12.1 Å². The molecule has 0 aliphatic carbocycles. The Morgan fingerprint density at radius 1 is 1.48 bits per heavy atom. The van der Waals surface area contributed by atoms with E-state index in [9.17, 15) is 10.1 Å². The fourth-order valence-electron chi connectivity index (χ4n) is 1.83. The maximum Gasteiger partial charge on any atom is 0.313 e. The van der Waals surface area contributed by atoms with Gasteiger partial charge in [-0.3, -0.25) is 10.1 Å². The summed E-state index contributed by atoms with van der Waals surface area (Å²) >= 11 is 5.46. The van der Waals surface area contributed by atoms with Crippen LogP contribution < -0.4 is 4.74 Å². The summed E-state index contributed by atoms with van der Waals surface area (Å²) in [5, 5.41) is 20.9. The van der Waals surface area contributed by atoms with Gasteiger partial charge in [0.2, 0.25) is 5.75 Å². The van der Waals surface area contributed by atoms with Gasteiger partial charge in [-0.25, -0.2) is 0 Å². The maximum atomic E-state index is 11.2. The number of hydrogen-bond donors (Lipinski definition) is 0. The zero-order valence-electron chi connectivity index (χ0n) is 11.9. The first-order chi connectivity index (χ1) is 9.92. The first-order valence-corrected chi connectivity index (χ1v) is 8.69. The highest BCUT2D eigenvalue weighted by Gasteiger charge is 2.28. The van der Waals surface area contributed by atoms with Gasteiger partial charge in [0.25, 0.3) is 0 Å². The van der Waals surface area contributed by atoms with Gasteiger partial charge >= 0.3 is 5.69 Å². The van der Waals surface area contributed by atoms with Gasteiger partial charge in [-0.2, -0.15) is 5.26 Å². The van der Waals surface area contributed by atoms with Crippen molar-refractivity contribution in [1.82, 2.24) is 0 Å². The van der Waals surface area contributed by atoms with Gasteiger partial charge in [-0.15, -0.1) is 0 Å². The van der Waals surface area contributed by atoms with Crippen molar-refractivity contribution in [1.29, 1.82) is 5.26 Å². The average Bonchev–Trinajstić information content (AvgIpc) is 2.49. The lowest BCUT2D eigenvalue weighted by Crippen LogP contribution is -2.29. The molecule has 1 rings (SSSR count). The number of alkyl halides is 1. The lowest BCUT2D eigenvalue weighted by Gasteiger charge is -2.29. The molecule has 0 aliphatic heterocycles. The smallest absolute Gasteiger partial charge is 0.313 e. The Labute approximate surface area is 146 Å². The average molecular weight is 467 g/mol. The molecule has 0 unspecified atom stereocenters. The summed E-state index contributed by atoms with van der Waals surface area (Å²) in [6.07, 6.45) is 1.82. The van der Waals surface area contributed by atoms with Crippen molar-refractivity contribution in [3.05, 3.63) is 31.4 Å². The zero-order chi connectivity index (χ0) is 16.0. The van der Waals surface area contributed by atoms with Crippen LogP contribution in [0.25, 0.3) is 0 Å². The predicted molar refractivity (Wildman–Crippen MR) is 92.8 cm³/mol. The molecule has 0 amide bonds. The lowest BCUT2D eigenvalue weighted by atomic mass is 9.86. The molecule has 0 heterocycles. The zero-order valence-corrected chi connectivity index (χ0v) is 15.6. The van der Waals surface area contributed by atoms with E-state index >= 15 is 0 Å². The van der Waals surface area contributed by atoms with E-state index in [1.165, 1.54) is 6.07 Å². The van der Waals surface area contributed by atoms with Crippen molar-refractivity contribution >= 4 is 44.2 Å². The van der Waals surface area contributed by atoms with Crippen LogP contribution in [-0.4, -0.2) is 16.9 Å². The summed E-state index contributed by atoms with van der Waals surface area (Å²) in [7, 11) is 0. The van der Waals surface area contributed by atoms with Crippen molar-refractivity contribution in [3.63, 3.8) is 0 Å². The third kappa shape index (κ3) is 4.30. The number of halogens is 2. The molecule has 0 saturated carbocycles. The van der Waals surface area contributed by atoms with E-state index in [1.807, 2.05) is 28.7 Å². The standard InChI is InChI=1S/C14H16BrIN2O3/c1-3-14(4-2,8-15)9-21-13-11(16)5-10(7-17)6-12(13)18(19)20/h5-6H,3-4,8-9H2,1-2H3. The van der Waals surface area contributed by atoms with Crippen LogP contribution in [0.3, 0.4) is 0 Å². The SMILES string of the molecule is CCC(CC)(CBr)COc1c(I)cc(C#N)cc1[N+](=O)[O-]. The number of benzene rings is 1. The topological polar surface area (TPSA) is 76.2 Å². The fourth-order valence-corrected chi connectivity index (χ4v) is 3.55. The minimum atomic E-state index is -0.508. The molecule has 0 N–H and O–H groups in total. The first-order valence-electron chi connectivity index (χ1n) is 6.49. The summed E-state index contributed by atoms with van der Waals surface area (Å²) < 4.78 is 6.36. The van der Waals surface area contributed by atoms with Gasteiger partial charge < -0.3 is 4.74 Å². The van der Waals surface area contributed by atoms with Gasteiger partial charge in [-0.05, 0) is 41.5 Å². The van der Waals surface area contributed by atoms with Crippen LogP contribution in [0, 0.1) is 30.4 Å². The van der Waals surface area contributed by atoms with Crippen LogP contribution >= 0.6 is 38.5 Å². The predicted octanol–water partition coefficient (Wildman–Crippen LogP) is 4.65. The van der Waals surface area contributed by atoms with E-state index < -0.39 is 4.92 Å². The number of nitro benzene ring substituents is 1. The molecule has 0 aliphatic rings. The van der Waals surface area contributed by atoms with Gasteiger partial charge in [-0.1, -0.05) is 29.8 Å². The van der Waals surface area contributed by atoms with Crippen LogP contribution in [-0.2, 0) is 0 Å². The molecule has 114 valence electrons. The fraction of sp³-hybridized carbons (Fsp3) is 0.500. The molecule has 1 aromatic carbocycles. The van der Waals surface area contributed by atoms with E-state index in [0.717, 1.165) is 18.2 Å². The lowest BCUT2D eigenvalue weighted by molar-refractivity contribution is -0.386. The van der Waals surface area contributed by atoms with E-state index in [2.05, 4.69) is 29.8 Å². The number of nitro groups is 1.